The Kier molecular flexibility index (Phi) is 6.62. The zero-order chi connectivity index (χ0) is 23.4. The van der Waals surface area contributed by atoms with Gasteiger partial charge >= 0.3 is 0 Å². The maximum atomic E-state index is 13.5. The monoisotopic (exact) mass is 453 g/mol. The van der Waals surface area contributed by atoms with Gasteiger partial charge in [0.2, 0.25) is 5.91 Å². The second kappa shape index (κ2) is 9.76. The number of anilines is 2. The number of nitrogens with one attached hydrogen (secondary N) is 1. The van der Waals surface area contributed by atoms with Crippen LogP contribution in [0, 0.1) is 25.2 Å². The summed E-state index contributed by atoms with van der Waals surface area (Å²) in [5, 5.41) is 12.6. The Morgan fingerprint density at radius 2 is 1.73 bits per heavy atom. The minimum atomic E-state index is -0.532. The second-order valence-corrected chi connectivity index (χ2v) is 9.11. The number of benzene rings is 3. The number of carbonyl (C=O) groups excluding carboxylic acids is 2. The van der Waals surface area contributed by atoms with Gasteiger partial charge in [-0.3, -0.25) is 14.5 Å². The van der Waals surface area contributed by atoms with Crippen molar-refractivity contribution in [2.45, 2.75) is 25.5 Å². The Balaban J connectivity index is 1.71. The summed E-state index contributed by atoms with van der Waals surface area (Å²) in [5.41, 5.74) is 4.33. The molecule has 1 aliphatic heterocycles. The van der Waals surface area contributed by atoms with Crippen molar-refractivity contribution in [1.82, 2.24) is 0 Å². The lowest BCUT2D eigenvalue weighted by molar-refractivity contribution is -0.117. The molecule has 0 bridgehead atoms. The molecule has 3 aromatic rings. The van der Waals surface area contributed by atoms with Crippen LogP contribution in [0.1, 0.15) is 16.7 Å². The first-order valence-electron chi connectivity index (χ1n) is 10.6. The van der Waals surface area contributed by atoms with Crippen molar-refractivity contribution in [2.75, 3.05) is 10.2 Å². The average molecular weight is 454 g/mol. The first kappa shape index (κ1) is 22.4. The predicted molar refractivity (Wildman–Crippen MR) is 133 cm³/mol. The third-order valence-corrected chi connectivity index (χ3v) is 6.60. The van der Waals surface area contributed by atoms with Crippen molar-refractivity contribution in [2.24, 2.45) is 0 Å². The zero-order valence-corrected chi connectivity index (χ0v) is 19.2. The Morgan fingerprint density at radius 3 is 2.39 bits per heavy atom. The molecule has 2 amide bonds. The number of nitrogens with zero attached hydrogens (tertiary/aromatic N) is 2. The number of hydrogen-bond acceptors (Lipinski definition) is 4. The molecule has 6 heteroatoms. The van der Waals surface area contributed by atoms with Gasteiger partial charge in [-0.15, -0.1) is 0 Å². The normalized spacial score (nSPS) is 16.9. The van der Waals surface area contributed by atoms with E-state index >= 15 is 0 Å². The number of thioether (sulfide) groups is 1. The van der Waals surface area contributed by atoms with Gasteiger partial charge in [0, 0.05) is 11.4 Å². The van der Waals surface area contributed by atoms with Crippen molar-refractivity contribution in [1.29, 1.82) is 5.26 Å². The van der Waals surface area contributed by atoms with E-state index < -0.39 is 11.2 Å². The molecule has 3 aromatic carbocycles. The van der Waals surface area contributed by atoms with Crippen molar-refractivity contribution in [3.05, 3.63) is 106 Å². The van der Waals surface area contributed by atoms with Gasteiger partial charge < -0.3 is 5.32 Å². The fraction of sp³-hybridized carbons (Fsp3) is 0.148. The van der Waals surface area contributed by atoms with Crippen LogP contribution in [0.2, 0.25) is 0 Å². The first-order valence-corrected chi connectivity index (χ1v) is 11.5. The minimum absolute atomic E-state index is 0.0786. The van der Waals surface area contributed by atoms with Gasteiger partial charge in [0.1, 0.15) is 16.7 Å². The molecule has 1 fully saturated rings. The first-order chi connectivity index (χ1) is 16.0. The Labute approximate surface area is 197 Å². The molecule has 0 spiro atoms. The summed E-state index contributed by atoms with van der Waals surface area (Å²) in [6.07, 6.45) is 0.509. The lowest BCUT2D eigenvalue weighted by atomic mass is 10.1. The third-order valence-electron chi connectivity index (χ3n) is 5.34. The van der Waals surface area contributed by atoms with Crippen LogP contribution in [-0.2, 0) is 16.0 Å². The van der Waals surface area contributed by atoms with E-state index in [1.807, 2.05) is 80.6 Å². The molecular formula is C27H23N3O2S. The van der Waals surface area contributed by atoms with Crippen LogP contribution in [0.5, 0.6) is 0 Å². The van der Waals surface area contributed by atoms with E-state index in [2.05, 4.69) is 5.32 Å². The van der Waals surface area contributed by atoms with Gasteiger partial charge in [-0.1, -0.05) is 71.9 Å². The minimum Gasteiger partial charge on any atom is -0.321 e. The molecule has 4 rings (SSSR count). The Morgan fingerprint density at radius 1 is 1.00 bits per heavy atom. The van der Waals surface area contributed by atoms with E-state index in [9.17, 15) is 14.9 Å². The van der Waals surface area contributed by atoms with Crippen molar-refractivity contribution in [3.63, 3.8) is 0 Å². The summed E-state index contributed by atoms with van der Waals surface area (Å²) in [6.45, 7) is 3.95. The highest BCUT2D eigenvalue weighted by molar-refractivity contribution is 8.05. The maximum absolute atomic E-state index is 13.5. The summed E-state index contributed by atoms with van der Waals surface area (Å²) in [4.78, 5) is 28.0. The van der Waals surface area contributed by atoms with Gasteiger partial charge in [-0.05, 0) is 55.7 Å². The topological polar surface area (TPSA) is 73.2 Å². The number of rotatable bonds is 5. The van der Waals surface area contributed by atoms with Gasteiger partial charge in [0.25, 0.3) is 5.91 Å². The molecule has 1 saturated heterocycles. The predicted octanol–water partition coefficient (Wildman–Crippen LogP) is 5.37. The van der Waals surface area contributed by atoms with Crippen LogP contribution in [0.15, 0.2) is 89.5 Å². The molecule has 1 N–H and O–H groups in total. The molecule has 0 aliphatic carbocycles. The quantitative estimate of drug-likeness (QED) is 0.416. The SMILES string of the molecule is Cc1ccc(CC2SC(=C(C#N)C(=O)Nc3cccc(C)c3)N(c3ccccc3)C2=O)cc1. The van der Waals surface area contributed by atoms with E-state index in [1.54, 1.807) is 18.2 Å². The molecular weight excluding hydrogens is 430 g/mol. The maximum Gasteiger partial charge on any atom is 0.269 e. The fourth-order valence-electron chi connectivity index (χ4n) is 3.65. The summed E-state index contributed by atoms with van der Waals surface area (Å²) < 4.78 is 0. The highest BCUT2D eigenvalue weighted by Gasteiger charge is 2.40. The summed E-state index contributed by atoms with van der Waals surface area (Å²) in [7, 11) is 0. The molecule has 0 radical (unpaired) electrons. The molecule has 1 aliphatic rings. The second-order valence-electron chi connectivity index (χ2n) is 7.92. The summed E-state index contributed by atoms with van der Waals surface area (Å²) in [5.74, 6) is -0.673. The van der Waals surface area contributed by atoms with Gasteiger partial charge in [-0.25, -0.2) is 0 Å². The Hall–Kier alpha value is -3.82. The number of hydrogen-bond donors (Lipinski definition) is 1. The van der Waals surface area contributed by atoms with Gasteiger partial charge in [-0.2, -0.15) is 5.26 Å². The smallest absolute Gasteiger partial charge is 0.269 e. The lowest BCUT2D eigenvalue weighted by Gasteiger charge is -2.18. The number of carbonyl (C=O) groups is 2. The molecule has 0 aromatic heterocycles. The van der Waals surface area contributed by atoms with Crippen molar-refractivity contribution < 1.29 is 9.59 Å². The fourth-order valence-corrected chi connectivity index (χ4v) is 4.96. The standard InChI is InChI=1S/C27H23N3O2S/c1-18-11-13-20(14-12-18)16-24-26(32)30(22-9-4-3-5-10-22)27(33-24)23(17-28)25(31)29-21-8-6-7-19(2)15-21/h3-15,24H,16H2,1-2H3,(H,29,31). The van der Waals surface area contributed by atoms with E-state index in [1.165, 1.54) is 16.7 Å². The highest BCUT2D eigenvalue weighted by Crippen LogP contribution is 2.42. The number of amides is 2. The average Bonchev–Trinajstić information content (AvgIpc) is 3.12. The van der Waals surface area contributed by atoms with Crippen molar-refractivity contribution >= 4 is 35.0 Å². The molecule has 0 saturated carbocycles. The van der Waals surface area contributed by atoms with Crippen LogP contribution < -0.4 is 10.2 Å². The van der Waals surface area contributed by atoms with E-state index in [0.717, 1.165) is 16.7 Å². The van der Waals surface area contributed by atoms with Crippen LogP contribution in [-0.4, -0.2) is 17.1 Å². The van der Waals surface area contributed by atoms with Gasteiger partial charge in [0.05, 0.1) is 5.25 Å². The molecule has 164 valence electrons. The van der Waals surface area contributed by atoms with Gasteiger partial charge in [0.15, 0.2) is 0 Å². The van der Waals surface area contributed by atoms with Crippen LogP contribution >= 0.6 is 11.8 Å². The van der Waals surface area contributed by atoms with E-state index in [-0.39, 0.29) is 11.5 Å². The number of para-hydroxylation sites is 1. The van der Waals surface area contributed by atoms with Crippen LogP contribution in [0.3, 0.4) is 0 Å². The van der Waals surface area contributed by atoms with Crippen LogP contribution in [0.25, 0.3) is 0 Å². The lowest BCUT2D eigenvalue weighted by Crippen LogP contribution is -2.30. The van der Waals surface area contributed by atoms with Crippen LogP contribution in [0.4, 0.5) is 11.4 Å². The van der Waals surface area contributed by atoms with Crippen molar-refractivity contribution in [3.8, 4) is 6.07 Å². The third kappa shape index (κ3) is 5.00. The van der Waals surface area contributed by atoms with E-state index in [0.29, 0.717) is 22.8 Å². The molecule has 5 nitrogen and oxygen atoms in total. The molecule has 1 atom stereocenters. The summed E-state index contributed by atoms with van der Waals surface area (Å²) >= 11 is 1.27. The zero-order valence-electron chi connectivity index (χ0n) is 18.4. The molecule has 1 unspecified atom stereocenters. The molecule has 33 heavy (non-hydrogen) atoms. The van der Waals surface area contributed by atoms with E-state index in [4.69, 9.17) is 0 Å². The largest absolute Gasteiger partial charge is 0.321 e. The summed E-state index contributed by atoms with van der Waals surface area (Å²) in [6, 6.07) is 26.6. The number of nitriles is 1. The molecule has 1 heterocycles. The highest BCUT2D eigenvalue weighted by atomic mass is 32.2. The number of aryl methyl sites for hydroxylation is 2. The Bertz CT molecular complexity index is 1260.